The minimum absolute atomic E-state index is 0.0537. The summed E-state index contributed by atoms with van der Waals surface area (Å²) >= 11 is 0. The number of ketones is 1. The van der Waals surface area contributed by atoms with Crippen LogP contribution in [0.4, 0.5) is 5.69 Å². The van der Waals surface area contributed by atoms with Crippen molar-refractivity contribution < 1.29 is 28.8 Å². The molecule has 1 N–H and O–H groups in total. The monoisotopic (exact) mass is 476 g/mol. The molecule has 35 heavy (non-hydrogen) atoms. The predicted molar refractivity (Wildman–Crippen MR) is 126 cm³/mol. The molecule has 2 aromatic carbocycles. The Bertz CT molecular complexity index is 1280. The number of nitro benzene ring substituents is 1. The maximum absolute atomic E-state index is 13.2. The fraction of sp³-hybridized carbons (Fsp3) is 0.231. The Labute approximate surface area is 201 Å². The first kappa shape index (κ1) is 23.7. The highest BCUT2D eigenvalue weighted by Gasteiger charge is 2.46. The SMILES string of the molecule is CCCCOc1cccc(C(O)=C2C(=O)C(=O)N(Cc3ccco3)C2c2cccc([N+](=O)[O-])c2)c1. The molecule has 1 unspecified atom stereocenters. The summed E-state index contributed by atoms with van der Waals surface area (Å²) < 4.78 is 11.1. The van der Waals surface area contributed by atoms with Gasteiger partial charge >= 0.3 is 0 Å². The number of carbonyl (C=O) groups excluding carboxylic acids is 2. The van der Waals surface area contributed by atoms with Crippen molar-refractivity contribution in [2.45, 2.75) is 32.4 Å². The number of hydrogen-bond acceptors (Lipinski definition) is 7. The van der Waals surface area contributed by atoms with E-state index in [9.17, 15) is 24.8 Å². The molecule has 4 rings (SSSR count). The highest BCUT2D eigenvalue weighted by Crippen LogP contribution is 2.41. The summed E-state index contributed by atoms with van der Waals surface area (Å²) in [6.07, 6.45) is 3.27. The van der Waals surface area contributed by atoms with E-state index in [4.69, 9.17) is 9.15 Å². The summed E-state index contributed by atoms with van der Waals surface area (Å²) in [6, 6.07) is 14.5. The number of rotatable bonds is 9. The molecule has 1 atom stereocenters. The van der Waals surface area contributed by atoms with Crippen molar-refractivity contribution in [2.75, 3.05) is 6.61 Å². The number of hydrogen-bond donors (Lipinski definition) is 1. The van der Waals surface area contributed by atoms with Crippen molar-refractivity contribution in [1.29, 1.82) is 0 Å². The van der Waals surface area contributed by atoms with Crippen molar-refractivity contribution in [2.24, 2.45) is 0 Å². The van der Waals surface area contributed by atoms with E-state index in [1.165, 1.54) is 29.4 Å². The van der Waals surface area contributed by atoms with Gasteiger partial charge in [-0.2, -0.15) is 0 Å². The zero-order chi connectivity index (χ0) is 24.9. The number of nitrogens with zero attached hydrogens (tertiary/aromatic N) is 2. The van der Waals surface area contributed by atoms with Crippen molar-refractivity contribution in [3.8, 4) is 5.75 Å². The lowest BCUT2D eigenvalue weighted by atomic mass is 9.95. The lowest BCUT2D eigenvalue weighted by Crippen LogP contribution is -2.29. The average molecular weight is 476 g/mol. The Kier molecular flexibility index (Phi) is 6.96. The largest absolute Gasteiger partial charge is 0.507 e. The van der Waals surface area contributed by atoms with Crippen LogP contribution in [0.2, 0.25) is 0 Å². The van der Waals surface area contributed by atoms with Crippen LogP contribution in [0.1, 0.15) is 42.7 Å². The zero-order valence-corrected chi connectivity index (χ0v) is 19.0. The first-order valence-electron chi connectivity index (χ1n) is 11.2. The Hall–Kier alpha value is -4.40. The average Bonchev–Trinajstić information content (AvgIpc) is 3.46. The normalized spacial score (nSPS) is 17.1. The van der Waals surface area contributed by atoms with Crippen LogP contribution in [0.15, 0.2) is 76.9 Å². The maximum Gasteiger partial charge on any atom is 0.296 e. The molecule has 3 aromatic rings. The number of benzene rings is 2. The fourth-order valence-corrected chi connectivity index (χ4v) is 3.99. The molecule has 9 nitrogen and oxygen atoms in total. The summed E-state index contributed by atoms with van der Waals surface area (Å²) in [4.78, 5) is 38.3. The molecule has 0 aliphatic carbocycles. The summed E-state index contributed by atoms with van der Waals surface area (Å²) in [6.45, 7) is 2.49. The van der Waals surface area contributed by atoms with E-state index in [0.29, 0.717) is 29.2 Å². The number of Topliss-reactive ketones (excluding diaryl/α,β-unsaturated/α-hetero) is 1. The minimum atomic E-state index is -1.05. The van der Waals surface area contributed by atoms with Gasteiger partial charge in [-0.05, 0) is 36.2 Å². The smallest absolute Gasteiger partial charge is 0.296 e. The molecule has 0 saturated carbocycles. The first-order chi connectivity index (χ1) is 16.9. The quantitative estimate of drug-likeness (QED) is 0.115. The number of ether oxygens (including phenoxy) is 1. The Morgan fingerprint density at radius 1 is 1.14 bits per heavy atom. The van der Waals surface area contributed by atoms with E-state index >= 15 is 0 Å². The molecule has 0 bridgehead atoms. The van der Waals surface area contributed by atoms with Gasteiger partial charge in [-0.25, -0.2) is 0 Å². The molecule has 1 aliphatic rings. The van der Waals surface area contributed by atoms with E-state index in [1.807, 2.05) is 6.92 Å². The van der Waals surface area contributed by atoms with Gasteiger partial charge in [-0.15, -0.1) is 0 Å². The van der Waals surface area contributed by atoms with Gasteiger partial charge in [0.15, 0.2) is 0 Å². The topological polar surface area (TPSA) is 123 Å². The molecule has 9 heteroatoms. The number of furan rings is 1. The van der Waals surface area contributed by atoms with Gasteiger partial charge in [0.25, 0.3) is 17.4 Å². The molecule has 1 amide bonds. The molecule has 1 aliphatic heterocycles. The molecular weight excluding hydrogens is 452 g/mol. The second-order valence-corrected chi connectivity index (χ2v) is 8.09. The van der Waals surface area contributed by atoms with E-state index in [-0.39, 0.29) is 23.6 Å². The number of unbranched alkanes of at least 4 members (excludes halogenated alkanes) is 1. The molecule has 1 fully saturated rings. The predicted octanol–water partition coefficient (Wildman–Crippen LogP) is 4.99. The number of carbonyl (C=O) groups is 2. The molecule has 2 heterocycles. The van der Waals surface area contributed by atoms with Gasteiger partial charge in [0.05, 0.1) is 36.0 Å². The molecular formula is C26H24N2O7. The lowest BCUT2D eigenvalue weighted by molar-refractivity contribution is -0.384. The van der Waals surface area contributed by atoms with Crippen LogP contribution in [-0.2, 0) is 16.1 Å². The highest BCUT2D eigenvalue weighted by molar-refractivity contribution is 6.46. The van der Waals surface area contributed by atoms with Crippen molar-refractivity contribution >= 4 is 23.1 Å². The van der Waals surface area contributed by atoms with E-state index in [1.54, 1.807) is 42.5 Å². The van der Waals surface area contributed by atoms with E-state index < -0.39 is 22.7 Å². The van der Waals surface area contributed by atoms with Crippen LogP contribution in [0.25, 0.3) is 5.76 Å². The lowest BCUT2D eigenvalue weighted by Gasteiger charge is -2.24. The van der Waals surface area contributed by atoms with E-state index in [0.717, 1.165) is 12.8 Å². The summed E-state index contributed by atoms with van der Waals surface area (Å²) in [5.41, 5.74) is 0.262. The zero-order valence-electron chi connectivity index (χ0n) is 19.0. The number of likely N-dealkylation sites (tertiary alicyclic amines) is 1. The van der Waals surface area contributed by atoms with Gasteiger partial charge in [0.1, 0.15) is 17.3 Å². The van der Waals surface area contributed by atoms with Crippen LogP contribution >= 0.6 is 0 Å². The van der Waals surface area contributed by atoms with Gasteiger partial charge in [0, 0.05) is 17.7 Å². The van der Waals surface area contributed by atoms with Crippen molar-refractivity contribution in [3.63, 3.8) is 0 Å². The van der Waals surface area contributed by atoms with Gasteiger partial charge < -0.3 is 19.2 Å². The third kappa shape index (κ3) is 4.93. The number of aliphatic hydroxyl groups excluding tert-OH is 1. The standard InChI is InChI=1S/C26H24N2O7/c1-2-3-12-34-20-10-5-8-18(15-20)24(29)22-23(17-7-4-9-19(14-17)28(32)33)27(26(31)25(22)30)16-21-11-6-13-35-21/h4-11,13-15,23,29H,2-3,12,16H2,1H3. The second-order valence-electron chi connectivity index (χ2n) is 8.09. The molecule has 1 aromatic heterocycles. The molecule has 0 radical (unpaired) electrons. The van der Waals surface area contributed by atoms with Gasteiger partial charge in [-0.1, -0.05) is 37.6 Å². The van der Waals surface area contributed by atoms with Crippen molar-refractivity contribution in [3.05, 3.63) is 99.5 Å². The van der Waals surface area contributed by atoms with Crippen LogP contribution < -0.4 is 4.74 Å². The van der Waals surface area contributed by atoms with Crippen LogP contribution in [-0.4, -0.2) is 33.2 Å². The van der Waals surface area contributed by atoms with Crippen LogP contribution in [0.3, 0.4) is 0 Å². The molecule has 0 spiro atoms. The van der Waals surface area contributed by atoms with E-state index in [2.05, 4.69) is 0 Å². The Balaban J connectivity index is 1.82. The third-order valence-corrected chi connectivity index (χ3v) is 5.72. The number of aliphatic hydroxyl groups is 1. The summed E-state index contributed by atoms with van der Waals surface area (Å²) in [7, 11) is 0. The molecule has 180 valence electrons. The first-order valence-corrected chi connectivity index (χ1v) is 11.2. The van der Waals surface area contributed by atoms with Gasteiger partial charge in [0.2, 0.25) is 0 Å². The van der Waals surface area contributed by atoms with Crippen molar-refractivity contribution in [1.82, 2.24) is 4.90 Å². The second kappa shape index (κ2) is 10.3. The number of non-ortho nitro benzene ring substituents is 1. The number of nitro groups is 1. The fourth-order valence-electron chi connectivity index (χ4n) is 3.99. The Morgan fingerprint density at radius 3 is 2.66 bits per heavy atom. The highest BCUT2D eigenvalue weighted by atomic mass is 16.6. The maximum atomic E-state index is 13.2. The van der Waals surface area contributed by atoms with Gasteiger partial charge in [-0.3, -0.25) is 19.7 Å². The Morgan fingerprint density at radius 2 is 1.94 bits per heavy atom. The molecule has 1 saturated heterocycles. The number of amides is 1. The van der Waals surface area contributed by atoms with Crippen LogP contribution in [0.5, 0.6) is 5.75 Å². The summed E-state index contributed by atoms with van der Waals surface area (Å²) in [5.74, 6) is -1.17. The third-order valence-electron chi connectivity index (χ3n) is 5.72. The summed E-state index contributed by atoms with van der Waals surface area (Å²) in [5, 5.41) is 22.6. The minimum Gasteiger partial charge on any atom is -0.507 e. The van der Waals surface area contributed by atoms with Crippen LogP contribution in [0, 0.1) is 10.1 Å².